The Labute approximate surface area is 311 Å². The number of fused-ring (bicyclic) bond motifs is 7. The summed E-state index contributed by atoms with van der Waals surface area (Å²) < 4.78 is 2.62. The van der Waals surface area contributed by atoms with Gasteiger partial charge in [-0.05, 0) is 106 Å². The molecule has 11 aromatic rings. The minimum Gasteiger partial charge on any atom is -0.135 e. The number of rotatable bonds is 4. The van der Waals surface area contributed by atoms with Crippen LogP contribution in [0.2, 0.25) is 0 Å². The van der Waals surface area contributed by atoms with Gasteiger partial charge in [-0.1, -0.05) is 176 Å². The topological polar surface area (TPSA) is 0 Å². The number of benzene rings is 10. The lowest BCUT2D eigenvalue weighted by molar-refractivity contribution is 1.66. The summed E-state index contributed by atoms with van der Waals surface area (Å²) in [4.78, 5) is 0. The first-order chi connectivity index (χ1) is 26.3. The van der Waals surface area contributed by atoms with Crippen LogP contribution in [0.1, 0.15) is 0 Å². The van der Waals surface area contributed by atoms with Gasteiger partial charge in [0.1, 0.15) is 0 Å². The SMILES string of the molecule is c1ccc(-c2c3ccccc3c(-c3ccc4c(c3)sc3ccc(-c5c6ccccc6c(-c6ccccc6)c6ccccc56)cc34)c3ccccc23)cc1. The van der Waals surface area contributed by atoms with E-state index in [1.165, 1.54) is 108 Å². The maximum absolute atomic E-state index is 2.43. The first kappa shape index (κ1) is 30.1. The van der Waals surface area contributed by atoms with E-state index in [-0.39, 0.29) is 0 Å². The van der Waals surface area contributed by atoms with E-state index < -0.39 is 0 Å². The van der Waals surface area contributed by atoms with Gasteiger partial charge in [-0.15, -0.1) is 11.3 Å². The molecule has 53 heavy (non-hydrogen) atoms. The fourth-order valence-electron chi connectivity index (χ4n) is 8.80. The largest absolute Gasteiger partial charge is 0.135 e. The Morgan fingerprint density at radius 1 is 0.208 bits per heavy atom. The summed E-state index contributed by atoms with van der Waals surface area (Å²) >= 11 is 1.89. The van der Waals surface area contributed by atoms with Gasteiger partial charge in [0.15, 0.2) is 0 Å². The number of hydrogen-bond donors (Lipinski definition) is 0. The lowest BCUT2D eigenvalue weighted by Gasteiger charge is -2.18. The zero-order valence-corrected chi connectivity index (χ0v) is 29.7. The lowest BCUT2D eigenvalue weighted by atomic mass is 9.85. The van der Waals surface area contributed by atoms with Crippen molar-refractivity contribution in [3.05, 3.63) is 194 Å². The maximum atomic E-state index is 2.43. The van der Waals surface area contributed by atoms with Gasteiger partial charge in [0.2, 0.25) is 0 Å². The Bertz CT molecular complexity index is 3090. The molecule has 0 unspecified atom stereocenters. The van der Waals surface area contributed by atoms with Crippen molar-refractivity contribution in [3.8, 4) is 44.5 Å². The Morgan fingerprint density at radius 2 is 0.547 bits per heavy atom. The zero-order chi connectivity index (χ0) is 34.9. The van der Waals surface area contributed by atoms with Gasteiger partial charge in [-0.3, -0.25) is 0 Å². The van der Waals surface area contributed by atoms with Crippen LogP contribution >= 0.6 is 11.3 Å². The molecule has 0 saturated carbocycles. The molecule has 0 spiro atoms. The Hall–Kier alpha value is -6.54. The van der Waals surface area contributed by atoms with Gasteiger partial charge in [0.25, 0.3) is 0 Å². The van der Waals surface area contributed by atoms with E-state index in [2.05, 4.69) is 194 Å². The molecule has 1 heterocycles. The average Bonchev–Trinajstić information content (AvgIpc) is 3.59. The minimum atomic E-state index is 1.25. The van der Waals surface area contributed by atoms with Crippen molar-refractivity contribution < 1.29 is 0 Å². The van der Waals surface area contributed by atoms with Crippen molar-refractivity contribution in [2.24, 2.45) is 0 Å². The third-order valence-corrected chi connectivity index (χ3v) is 12.2. The highest BCUT2D eigenvalue weighted by molar-refractivity contribution is 7.25. The highest BCUT2D eigenvalue weighted by Crippen LogP contribution is 2.47. The molecule has 1 aromatic heterocycles. The molecule has 0 nitrogen and oxygen atoms in total. The van der Waals surface area contributed by atoms with Gasteiger partial charge in [0, 0.05) is 20.2 Å². The lowest BCUT2D eigenvalue weighted by Crippen LogP contribution is -1.90. The second-order valence-electron chi connectivity index (χ2n) is 13.9. The van der Waals surface area contributed by atoms with Gasteiger partial charge in [0.05, 0.1) is 0 Å². The van der Waals surface area contributed by atoms with E-state index in [0.717, 1.165) is 0 Å². The highest BCUT2D eigenvalue weighted by atomic mass is 32.1. The van der Waals surface area contributed by atoms with Gasteiger partial charge >= 0.3 is 0 Å². The first-order valence-corrected chi connectivity index (χ1v) is 19.1. The quantitative estimate of drug-likeness (QED) is 0.162. The molecular weight excluding hydrogens is 657 g/mol. The monoisotopic (exact) mass is 688 g/mol. The molecule has 246 valence electrons. The molecule has 11 rings (SSSR count). The molecule has 10 aromatic carbocycles. The Balaban J connectivity index is 1.13. The van der Waals surface area contributed by atoms with Gasteiger partial charge in [-0.25, -0.2) is 0 Å². The molecule has 0 fully saturated rings. The van der Waals surface area contributed by atoms with Crippen LogP contribution in [-0.2, 0) is 0 Å². The summed E-state index contributed by atoms with van der Waals surface area (Å²) in [5, 5.41) is 12.9. The van der Waals surface area contributed by atoms with Crippen LogP contribution in [0.25, 0.3) is 108 Å². The summed E-state index contributed by atoms with van der Waals surface area (Å²) in [7, 11) is 0. The highest BCUT2D eigenvalue weighted by Gasteiger charge is 2.19. The molecule has 0 atom stereocenters. The zero-order valence-electron chi connectivity index (χ0n) is 28.9. The maximum Gasteiger partial charge on any atom is 0.0361 e. The molecule has 0 aliphatic rings. The fourth-order valence-corrected chi connectivity index (χ4v) is 9.92. The molecule has 0 aliphatic carbocycles. The van der Waals surface area contributed by atoms with E-state index >= 15 is 0 Å². The van der Waals surface area contributed by atoms with Crippen molar-refractivity contribution in [1.82, 2.24) is 0 Å². The van der Waals surface area contributed by atoms with E-state index in [4.69, 9.17) is 0 Å². The summed E-state index contributed by atoms with van der Waals surface area (Å²) in [6, 6.07) is 71.6. The molecule has 0 N–H and O–H groups in total. The second-order valence-corrected chi connectivity index (χ2v) is 15.0. The first-order valence-electron chi connectivity index (χ1n) is 18.3. The predicted octanol–water partition coefficient (Wildman–Crippen LogP) is 15.3. The molecule has 0 radical (unpaired) electrons. The van der Waals surface area contributed by atoms with Crippen LogP contribution in [0.4, 0.5) is 0 Å². The third-order valence-electron chi connectivity index (χ3n) is 11.0. The van der Waals surface area contributed by atoms with Crippen molar-refractivity contribution >= 4 is 74.6 Å². The van der Waals surface area contributed by atoms with Crippen molar-refractivity contribution in [3.63, 3.8) is 0 Å². The summed E-state index contributed by atoms with van der Waals surface area (Å²) in [5.41, 5.74) is 10.2. The molecule has 0 amide bonds. The smallest absolute Gasteiger partial charge is 0.0361 e. The summed E-state index contributed by atoms with van der Waals surface area (Å²) in [6.07, 6.45) is 0. The molecular formula is C52H32S. The second kappa shape index (κ2) is 12.0. The molecule has 0 saturated heterocycles. The van der Waals surface area contributed by atoms with E-state index in [1.807, 2.05) is 11.3 Å². The van der Waals surface area contributed by atoms with Crippen LogP contribution in [0.5, 0.6) is 0 Å². The number of hydrogen-bond acceptors (Lipinski definition) is 1. The van der Waals surface area contributed by atoms with Crippen LogP contribution < -0.4 is 0 Å². The number of thiophene rings is 1. The predicted molar refractivity (Wildman–Crippen MR) is 231 cm³/mol. The van der Waals surface area contributed by atoms with Gasteiger partial charge in [-0.2, -0.15) is 0 Å². The normalized spacial score (nSPS) is 11.8. The fraction of sp³-hybridized carbons (Fsp3) is 0. The van der Waals surface area contributed by atoms with Gasteiger partial charge < -0.3 is 0 Å². The van der Waals surface area contributed by atoms with Crippen molar-refractivity contribution in [2.75, 3.05) is 0 Å². The van der Waals surface area contributed by atoms with Crippen LogP contribution in [0, 0.1) is 0 Å². The standard InChI is InChI=1S/C52H32S/c1-3-15-33(16-4-1)49-38-19-7-11-23-42(38)51(43-24-12-8-20-39(43)49)35-28-30-47-46(31-35)37-29-27-36(32-48(37)53-47)52-44-25-13-9-21-40(44)50(34-17-5-2-6-18-34)41-22-10-14-26-45(41)52/h1-32H. The summed E-state index contributed by atoms with van der Waals surface area (Å²) in [6.45, 7) is 0. The Kier molecular flexibility index (Phi) is 6.83. The van der Waals surface area contributed by atoms with E-state index in [0.29, 0.717) is 0 Å². The van der Waals surface area contributed by atoms with E-state index in [1.54, 1.807) is 0 Å². The Morgan fingerprint density at radius 3 is 0.962 bits per heavy atom. The third kappa shape index (κ3) is 4.68. The molecule has 1 heteroatoms. The van der Waals surface area contributed by atoms with Crippen LogP contribution in [0.15, 0.2) is 194 Å². The average molecular weight is 689 g/mol. The van der Waals surface area contributed by atoms with Crippen molar-refractivity contribution in [1.29, 1.82) is 0 Å². The van der Waals surface area contributed by atoms with Crippen molar-refractivity contribution in [2.45, 2.75) is 0 Å². The minimum absolute atomic E-state index is 1.25. The summed E-state index contributed by atoms with van der Waals surface area (Å²) in [5.74, 6) is 0. The van der Waals surface area contributed by atoms with Crippen LogP contribution in [0.3, 0.4) is 0 Å². The van der Waals surface area contributed by atoms with Crippen LogP contribution in [-0.4, -0.2) is 0 Å². The molecule has 0 aliphatic heterocycles. The van der Waals surface area contributed by atoms with E-state index in [9.17, 15) is 0 Å². The molecule has 0 bridgehead atoms.